The molecule has 2 saturated heterocycles. The van der Waals surface area contributed by atoms with Crippen molar-refractivity contribution < 1.29 is 14.3 Å². The van der Waals surface area contributed by atoms with Crippen LogP contribution in [0.25, 0.3) is 0 Å². The Morgan fingerprint density at radius 3 is 2.45 bits per heavy atom. The van der Waals surface area contributed by atoms with E-state index in [4.69, 9.17) is 4.74 Å². The molecule has 0 spiro atoms. The van der Waals surface area contributed by atoms with E-state index in [2.05, 4.69) is 34.9 Å². The summed E-state index contributed by atoms with van der Waals surface area (Å²) in [4.78, 5) is 29.3. The molecule has 2 aromatic rings. The van der Waals surface area contributed by atoms with Gasteiger partial charge in [0.05, 0.1) is 26.1 Å². The molecule has 152 valence electrons. The number of nitrogens with zero attached hydrogens (tertiary/aromatic N) is 2. The van der Waals surface area contributed by atoms with Gasteiger partial charge in [-0.05, 0) is 29.5 Å². The van der Waals surface area contributed by atoms with Gasteiger partial charge < -0.3 is 9.64 Å². The second-order valence-corrected chi connectivity index (χ2v) is 8.20. The predicted octanol–water partition coefficient (Wildman–Crippen LogP) is 2.84. The Balaban J connectivity index is 1.58. The van der Waals surface area contributed by atoms with E-state index < -0.39 is 0 Å². The summed E-state index contributed by atoms with van der Waals surface area (Å²) in [5.74, 6) is 0.692. The smallest absolute Gasteiger partial charge is 0.319 e. The number of amides is 1. The molecule has 3 atom stereocenters. The molecule has 2 aliphatic rings. The number of likely N-dealkylation sites (tertiary alicyclic amines) is 2. The van der Waals surface area contributed by atoms with Gasteiger partial charge >= 0.3 is 5.97 Å². The summed E-state index contributed by atoms with van der Waals surface area (Å²) >= 11 is 0. The van der Waals surface area contributed by atoms with Crippen LogP contribution in [-0.4, -0.2) is 55.0 Å². The van der Waals surface area contributed by atoms with E-state index >= 15 is 0 Å². The molecule has 5 heteroatoms. The first-order chi connectivity index (χ1) is 14.1. The summed E-state index contributed by atoms with van der Waals surface area (Å²) in [5.41, 5.74) is 3.48. The molecule has 0 bridgehead atoms. The van der Waals surface area contributed by atoms with Gasteiger partial charge in [0, 0.05) is 25.6 Å². The molecule has 29 heavy (non-hydrogen) atoms. The van der Waals surface area contributed by atoms with Gasteiger partial charge in [0.25, 0.3) is 0 Å². The zero-order valence-electron chi connectivity index (χ0n) is 17.1. The molecule has 0 saturated carbocycles. The Hall–Kier alpha value is -2.66. The topological polar surface area (TPSA) is 49.9 Å². The second-order valence-electron chi connectivity index (χ2n) is 8.20. The molecular formula is C24H28N2O3. The normalized spacial score (nSPS) is 23.8. The Labute approximate surface area is 172 Å². The van der Waals surface area contributed by atoms with Crippen molar-refractivity contribution in [3.05, 3.63) is 71.3 Å². The van der Waals surface area contributed by atoms with Crippen LogP contribution in [-0.2, 0) is 20.7 Å². The van der Waals surface area contributed by atoms with Crippen molar-refractivity contribution in [2.24, 2.45) is 11.8 Å². The van der Waals surface area contributed by atoms with Crippen molar-refractivity contribution in [2.75, 3.05) is 33.3 Å². The minimum absolute atomic E-state index is 0.0556. The fraction of sp³-hybridized carbons (Fsp3) is 0.417. The lowest BCUT2D eigenvalue weighted by molar-refractivity contribution is -0.142. The Morgan fingerprint density at radius 1 is 1.00 bits per heavy atom. The third-order valence-electron chi connectivity index (χ3n) is 6.35. The van der Waals surface area contributed by atoms with Gasteiger partial charge in [-0.1, -0.05) is 54.6 Å². The third-order valence-corrected chi connectivity index (χ3v) is 6.35. The lowest BCUT2D eigenvalue weighted by Gasteiger charge is -2.31. The van der Waals surface area contributed by atoms with Gasteiger partial charge in [0.2, 0.25) is 5.91 Å². The summed E-state index contributed by atoms with van der Waals surface area (Å²) in [6.45, 7) is 4.82. The number of hydrogen-bond acceptors (Lipinski definition) is 4. The SMILES string of the molecule is COC(=O)CN1C[C@H]2CN(C(=O)Cc3ccccc3)[C@H](c3ccccc3C)[C@H]2C1. The zero-order valence-corrected chi connectivity index (χ0v) is 17.1. The van der Waals surface area contributed by atoms with Gasteiger partial charge in [-0.25, -0.2) is 0 Å². The number of hydrogen-bond donors (Lipinski definition) is 0. The lowest BCUT2D eigenvalue weighted by atomic mass is 9.87. The molecule has 0 unspecified atom stereocenters. The monoisotopic (exact) mass is 392 g/mol. The number of aryl methyl sites for hydroxylation is 1. The molecule has 1 amide bonds. The fourth-order valence-electron chi connectivity index (χ4n) is 4.96. The van der Waals surface area contributed by atoms with Crippen molar-refractivity contribution in [1.29, 1.82) is 0 Å². The Bertz CT molecular complexity index is 883. The van der Waals surface area contributed by atoms with E-state index in [0.717, 1.165) is 25.2 Å². The molecule has 4 rings (SSSR count). The van der Waals surface area contributed by atoms with Crippen molar-refractivity contribution >= 4 is 11.9 Å². The van der Waals surface area contributed by atoms with Crippen LogP contribution in [0, 0.1) is 18.8 Å². The number of fused-ring (bicyclic) bond motifs is 1. The fourth-order valence-corrected chi connectivity index (χ4v) is 4.96. The molecule has 0 N–H and O–H groups in total. The Kier molecular flexibility index (Phi) is 5.67. The van der Waals surface area contributed by atoms with Gasteiger partial charge in [-0.3, -0.25) is 14.5 Å². The molecule has 2 fully saturated rings. The minimum Gasteiger partial charge on any atom is -0.468 e. The van der Waals surface area contributed by atoms with E-state index in [9.17, 15) is 9.59 Å². The third kappa shape index (κ3) is 4.06. The first-order valence-corrected chi connectivity index (χ1v) is 10.2. The van der Waals surface area contributed by atoms with Crippen LogP contribution in [0.3, 0.4) is 0 Å². The number of benzene rings is 2. The summed E-state index contributed by atoms with van der Waals surface area (Å²) in [6, 6.07) is 18.4. The first kappa shape index (κ1) is 19.6. The molecule has 0 aromatic heterocycles. The maximum absolute atomic E-state index is 13.3. The van der Waals surface area contributed by atoms with Gasteiger partial charge in [0.15, 0.2) is 0 Å². The largest absolute Gasteiger partial charge is 0.468 e. The van der Waals surface area contributed by atoms with Crippen molar-refractivity contribution in [3.8, 4) is 0 Å². The average Bonchev–Trinajstić information content (AvgIpc) is 3.26. The highest BCUT2D eigenvalue weighted by Crippen LogP contribution is 2.45. The van der Waals surface area contributed by atoms with E-state index in [-0.39, 0.29) is 17.9 Å². The van der Waals surface area contributed by atoms with Crippen molar-refractivity contribution in [3.63, 3.8) is 0 Å². The van der Waals surface area contributed by atoms with E-state index in [1.807, 2.05) is 36.4 Å². The van der Waals surface area contributed by atoms with Gasteiger partial charge in [0.1, 0.15) is 0 Å². The summed E-state index contributed by atoms with van der Waals surface area (Å²) < 4.78 is 4.85. The highest BCUT2D eigenvalue weighted by molar-refractivity contribution is 5.80. The highest BCUT2D eigenvalue weighted by Gasteiger charge is 2.49. The van der Waals surface area contributed by atoms with Gasteiger partial charge in [-0.2, -0.15) is 0 Å². The van der Waals surface area contributed by atoms with Gasteiger partial charge in [-0.15, -0.1) is 0 Å². The van der Waals surface area contributed by atoms with E-state index in [1.54, 1.807) is 0 Å². The van der Waals surface area contributed by atoms with Crippen molar-refractivity contribution in [1.82, 2.24) is 9.80 Å². The van der Waals surface area contributed by atoms with Crippen LogP contribution in [0.2, 0.25) is 0 Å². The van der Waals surface area contributed by atoms with Crippen LogP contribution < -0.4 is 0 Å². The number of esters is 1. The molecule has 2 aromatic carbocycles. The molecule has 0 radical (unpaired) electrons. The van der Waals surface area contributed by atoms with Crippen LogP contribution >= 0.6 is 0 Å². The number of ether oxygens (including phenoxy) is 1. The average molecular weight is 392 g/mol. The maximum Gasteiger partial charge on any atom is 0.319 e. The van der Waals surface area contributed by atoms with Crippen LogP contribution in [0.15, 0.2) is 54.6 Å². The number of carbonyl (C=O) groups excluding carboxylic acids is 2. The molecular weight excluding hydrogens is 364 g/mol. The summed E-state index contributed by atoms with van der Waals surface area (Å²) in [5, 5.41) is 0. The number of methoxy groups -OCH3 is 1. The molecule has 2 heterocycles. The summed E-state index contributed by atoms with van der Waals surface area (Å²) in [7, 11) is 1.43. The molecule has 5 nitrogen and oxygen atoms in total. The lowest BCUT2D eigenvalue weighted by Crippen LogP contribution is -2.38. The standard InChI is InChI=1S/C24H28N2O3/c1-17-8-6-7-11-20(17)24-21-15-25(16-23(28)29-2)13-19(21)14-26(24)22(27)12-18-9-4-3-5-10-18/h3-11,19,21,24H,12-16H2,1-2H3/t19-,21-,24+/m0/s1. The molecule has 2 aliphatic heterocycles. The molecule has 0 aliphatic carbocycles. The number of rotatable bonds is 5. The first-order valence-electron chi connectivity index (χ1n) is 10.2. The van der Waals surface area contributed by atoms with Crippen molar-refractivity contribution in [2.45, 2.75) is 19.4 Å². The Morgan fingerprint density at radius 2 is 1.72 bits per heavy atom. The maximum atomic E-state index is 13.3. The number of carbonyl (C=O) groups is 2. The van der Waals surface area contributed by atoms with Crippen LogP contribution in [0.5, 0.6) is 0 Å². The van der Waals surface area contributed by atoms with E-state index in [0.29, 0.717) is 24.8 Å². The minimum atomic E-state index is -0.200. The van der Waals surface area contributed by atoms with Crippen LogP contribution in [0.4, 0.5) is 0 Å². The summed E-state index contributed by atoms with van der Waals surface area (Å²) in [6.07, 6.45) is 0.425. The quantitative estimate of drug-likeness (QED) is 0.735. The second kappa shape index (κ2) is 8.37. The zero-order chi connectivity index (χ0) is 20.4. The van der Waals surface area contributed by atoms with E-state index in [1.165, 1.54) is 18.2 Å². The predicted molar refractivity (Wildman–Crippen MR) is 111 cm³/mol. The van der Waals surface area contributed by atoms with Crippen LogP contribution in [0.1, 0.15) is 22.7 Å². The highest BCUT2D eigenvalue weighted by atomic mass is 16.5.